The Morgan fingerprint density at radius 1 is 1.16 bits per heavy atom. The maximum atomic E-state index is 4.50. The molecule has 19 heavy (non-hydrogen) atoms. The first kappa shape index (κ1) is 13.8. The lowest BCUT2D eigenvalue weighted by Gasteiger charge is -2.27. The first-order valence-corrected chi connectivity index (χ1v) is 6.91. The van der Waals surface area contributed by atoms with Crippen LogP contribution in [0.15, 0.2) is 0 Å². The number of aromatic nitrogens is 3. The summed E-state index contributed by atoms with van der Waals surface area (Å²) < 4.78 is 0. The van der Waals surface area contributed by atoms with Crippen molar-refractivity contribution in [3.63, 3.8) is 0 Å². The van der Waals surface area contributed by atoms with Crippen molar-refractivity contribution < 1.29 is 0 Å². The Balaban J connectivity index is 2.21. The van der Waals surface area contributed by atoms with Crippen LogP contribution < -0.4 is 20.9 Å². The lowest BCUT2D eigenvalue weighted by atomic mass is 10.4. The molecule has 0 bridgehead atoms. The highest BCUT2D eigenvalue weighted by Crippen LogP contribution is 2.14. The van der Waals surface area contributed by atoms with E-state index in [0.29, 0.717) is 17.9 Å². The maximum absolute atomic E-state index is 4.50. The number of hydrogen-bond acceptors (Lipinski definition) is 7. The van der Waals surface area contributed by atoms with Crippen LogP contribution in [0.5, 0.6) is 0 Å². The summed E-state index contributed by atoms with van der Waals surface area (Å²) in [5.41, 5.74) is 0. The minimum atomic E-state index is 0.299. The molecular weight excluding hydrogens is 242 g/mol. The third-order valence-electron chi connectivity index (χ3n) is 2.78. The minimum Gasteiger partial charge on any atom is -0.354 e. The first-order valence-electron chi connectivity index (χ1n) is 6.91. The van der Waals surface area contributed by atoms with Crippen molar-refractivity contribution in [1.29, 1.82) is 0 Å². The van der Waals surface area contributed by atoms with Crippen molar-refractivity contribution in [3.05, 3.63) is 0 Å². The van der Waals surface area contributed by atoms with Gasteiger partial charge in [0.1, 0.15) is 0 Å². The van der Waals surface area contributed by atoms with Crippen molar-refractivity contribution >= 4 is 17.8 Å². The van der Waals surface area contributed by atoms with E-state index in [1.54, 1.807) is 0 Å². The van der Waals surface area contributed by atoms with Gasteiger partial charge in [0.25, 0.3) is 0 Å². The molecule has 0 unspecified atom stereocenters. The van der Waals surface area contributed by atoms with E-state index in [1.807, 2.05) is 6.92 Å². The van der Waals surface area contributed by atoms with E-state index in [0.717, 1.165) is 38.7 Å². The fourth-order valence-electron chi connectivity index (χ4n) is 1.93. The van der Waals surface area contributed by atoms with E-state index in [4.69, 9.17) is 0 Å². The molecule has 0 radical (unpaired) electrons. The SMILES string of the molecule is CCNc1nc(NC(C)C)nc(N2CCNCC2)n1. The molecule has 0 aliphatic carbocycles. The molecule has 7 heteroatoms. The Morgan fingerprint density at radius 3 is 2.47 bits per heavy atom. The topological polar surface area (TPSA) is 78.0 Å². The Morgan fingerprint density at radius 2 is 1.84 bits per heavy atom. The summed E-state index contributed by atoms with van der Waals surface area (Å²) >= 11 is 0. The number of hydrogen-bond donors (Lipinski definition) is 3. The van der Waals surface area contributed by atoms with Crippen molar-refractivity contribution in [2.24, 2.45) is 0 Å². The monoisotopic (exact) mass is 265 g/mol. The second kappa shape index (κ2) is 6.51. The first-order chi connectivity index (χ1) is 9.19. The molecule has 2 rings (SSSR count). The number of rotatable bonds is 5. The molecule has 1 aromatic rings. The zero-order chi connectivity index (χ0) is 13.7. The molecular formula is C12H23N7. The van der Waals surface area contributed by atoms with Crippen LogP contribution in [0.2, 0.25) is 0 Å². The third kappa shape index (κ3) is 3.92. The van der Waals surface area contributed by atoms with Gasteiger partial charge in [-0.2, -0.15) is 15.0 Å². The van der Waals surface area contributed by atoms with Crippen molar-refractivity contribution in [1.82, 2.24) is 20.3 Å². The summed E-state index contributed by atoms with van der Waals surface area (Å²) in [5.74, 6) is 2.01. The van der Waals surface area contributed by atoms with Gasteiger partial charge in [0.2, 0.25) is 17.8 Å². The van der Waals surface area contributed by atoms with Crippen LogP contribution in [0.25, 0.3) is 0 Å². The molecule has 1 saturated heterocycles. The minimum absolute atomic E-state index is 0.299. The molecule has 2 heterocycles. The number of anilines is 3. The fraction of sp³-hybridized carbons (Fsp3) is 0.750. The average molecular weight is 265 g/mol. The highest BCUT2D eigenvalue weighted by atomic mass is 15.3. The zero-order valence-electron chi connectivity index (χ0n) is 11.9. The fourth-order valence-corrected chi connectivity index (χ4v) is 1.93. The molecule has 1 aliphatic heterocycles. The van der Waals surface area contributed by atoms with E-state index < -0.39 is 0 Å². The molecule has 1 aromatic heterocycles. The summed E-state index contributed by atoms with van der Waals surface area (Å²) in [5, 5.41) is 9.72. The van der Waals surface area contributed by atoms with E-state index in [2.05, 4.69) is 49.6 Å². The van der Waals surface area contributed by atoms with Gasteiger partial charge in [-0.15, -0.1) is 0 Å². The van der Waals surface area contributed by atoms with Crippen molar-refractivity contribution in [2.45, 2.75) is 26.8 Å². The highest BCUT2D eigenvalue weighted by Gasteiger charge is 2.16. The van der Waals surface area contributed by atoms with Crippen molar-refractivity contribution in [2.75, 3.05) is 48.3 Å². The molecule has 106 valence electrons. The molecule has 7 nitrogen and oxygen atoms in total. The predicted octanol–water partition coefficient (Wildman–Crippen LogP) is 0.533. The summed E-state index contributed by atoms with van der Waals surface area (Å²) in [7, 11) is 0. The van der Waals surface area contributed by atoms with Gasteiger partial charge in [0.05, 0.1) is 0 Å². The molecule has 1 fully saturated rings. The Hall–Kier alpha value is -1.63. The second-order valence-corrected chi connectivity index (χ2v) is 4.85. The van der Waals surface area contributed by atoms with E-state index in [-0.39, 0.29) is 0 Å². The third-order valence-corrected chi connectivity index (χ3v) is 2.78. The van der Waals surface area contributed by atoms with Crippen LogP contribution >= 0.6 is 0 Å². The molecule has 0 aromatic carbocycles. The molecule has 3 N–H and O–H groups in total. The number of nitrogens with zero attached hydrogens (tertiary/aromatic N) is 4. The lowest BCUT2D eigenvalue weighted by Crippen LogP contribution is -2.44. The Labute approximate surface area is 114 Å². The van der Waals surface area contributed by atoms with E-state index in [1.165, 1.54) is 0 Å². The maximum Gasteiger partial charge on any atom is 0.232 e. The van der Waals surface area contributed by atoms with Gasteiger partial charge in [-0.1, -0.05) is 0 Å². The zero-order valence-corrected chi connectivity index (χ0v) is 11.9. The largest absolute Gasteiger partial charge is 0.354 e. The predicted molar refractivity (Wildman–Crippen MR) is 77.8 cm³/mol. The van der Waals surface area contributed by atoms with Gasteiger partial charge in [-0.05, 0) is 20.8 Å². The molecule has 0 amide bonds. The summed E-state index contributed by atoms with van der Waals surface area (Å²) in [6.07, 6.45) is 0. The Kier molecular flexibility index (Phi) is 4.73. The van der Waals surface area contributed by atoms with Gasteiger partial charge >= 0.3 is 0 Å². The molecule has 0 saturated carbocycles. The smallest absolute Gasteiger partial charge is 0.232 e. The lowest BCUT2D eigenvalue weighted by molar-refractivity contribution is 0.579. The van der Waals surface area contributed by atoms with Crippen LogP contribution in [0, 0.1) is 0 Å². The van der Waals surface area contributed by atoms with Gasteiger partial charge < -0.3 is 20.9 Å². The average Bonchev–Trinajstić information content (AvgIpc) is 2.39. The van der Waals surface area contributed by atoms with Crippen LogP contribution in [0.3, 0.4) is 0 Å². The molecule has 0 atom stereocenters. The van der Waals surface area contributed by atoms with Gasteiger partial charge in [-0.25, -0.2) is 0 Å². The number of piperazine rings is 1. The highest BCUT2D eigenvalue weighted by molar-refractivity contribution is 5.44. The summed E-state index contributed by atoms with van der Waals surface area (Å²) in [4.78, 5) is 15.5. The van der Waals surface area contributed by atoms with Crippen molar-refractivity contribution in [3.8, 4) is 0 Å². The second-order valence-electron chi connectivity index (χ2n) is 4.85. The van der Waals surface area contributed by atoms with Crippen LogP contribution in [0.1, 0.15) is 20.8 Å². The molecule has 1 aliphatic rings. The summed E-state index contributed by atoms with van der Waals surface area (Å²) in [6.45, 7) is 10.8. The quantitative estimate of drug-likeness (QED) is 0.717. The van der Waals surface area contributed by atoms with Crippen LogP contribution in [-0.2, 0) is 0 Å². The van der Waals surface area contributed by atoms with Gasteiger partial charge in [-0.3, -0.25) is 0 Å². The standard InChI is InChI=1S/C12H23N7/c1-4-14-10-16-11(15-9(2)3)18-12(17-10)19-7-5-13-6-8-19/h9,13H,4-8H2,1-3H3,(H2,14,15,16,17,18). The normalized spacial score (nSPS) is 15.7. The van der Waals surface area contributed by atoms with Crippen LogP contribution in [0.4, 0.5) is 17.8 Å². The summed E-state index contributed by atoms with van der Waals surface area (Å²) in [6, 6.07) is 0.299. The molecule has 0 spiro atoms. The van der Waals surface area contributed by atoms with E-state index in [9.17, 15) is 0 Å². The van der Waals surface area contributed by atoms with Gasteiger partial charge in [0, 0.05) is 38.8 Å². The Bertz CT molecular complexity index is 401. The van der Waals surface area contributed by atoms with Gasteiger partial charge in [0.15, 0.2) is 0 Å². The van der Waals surface area contributed by atoms with Crippen LogP contribution in [-0.4, -0.2) is 53.7 Å². The number of nitrogens with one attached hydrogen (secondary N) is 3. The van der Waals surface area contributed by atoms with E-state index >= 15 is 0 Å².